The highest BCUT2D eigenvalue weighted by molar-refractivity contribution is 6.06. The Kier molecular flexibility index (Phi) is 9.23. The second-order valence-electron chi connectivity index (χ2n) is 11.2. The van der Waals surface area contributed by atoms with E-state index in [1.54, 1.807) is 20.8 Å². The van der Waals surface area contributed by atoms with Gasteiger partial charge in [-0.1, -0.05) is 11.6 Å². The molecule has 4 rings (SSSR count). The number of carbonyl (C=O) groups is 2. The van der Waals surface area contributed by atoms with Crippen LogP contribution in [0.5, 0.6) is 17.2 Å². The number of hydrogen-bond donors (Lipinski definition) is 5. The summed E-state index contributed by atoms with van der Waals surface area (Å²) < 4.78 is 27.9. The molecule has 0 spiro atoms. The molecule has 0 bridgehead atoms. The quantitative estimate of drug-likeness (QED) is 0.184. The number of aliphatic hydroxyl groups excluding tert-OH is 1. The van der Waals surface area contributed by atoms with Crippen LogP contribution in [0.3, 0.4) is 0 Å². The molecule has 1 saturated heterocycles. The smallest absolute Gasteiger partial charge is 0.404 e. The minimum atomic E-state index is -1.52. The first-order valence-corrected chi connectivity index (χ1v) is 13.7. The van der Waals surface area contributed by atoms with Gasteiger partial charge in [0, 0.05) is 18.2 Å². The summed E-state index contributed by atoms with van der Waals surface area (Å²) in [5, 5.41) is 34.6. The van der Waals surface area contributed by atoms with Crippen molar-refractivity contribution < 1.29 is 48.3 Å². The molecule has 13 nitrogen and oxygen atoms in total. The molecule has 1 aliphatic heterocycles. The molecule has 0 aliphatic carbocycles. The average molecular weight is 613 g/mol. The summed E-state index contributed by atoms with van der Waals surface area (Å²) in [5.41, 5.74) is 4.54. The predicted octanol–water partition coefficient (Wildman–Crippen LogP) is 3.63. The van der Waals surface area contributed by atoms with Gasteiger partial charge in [-0.15, -0.1) is 0 Å². The van der Waals surface area contributed by atoms with E-state index in [-0.39, 0.29) is 33.6 Å². The van der Waals surface area contributed by atoms with Crippen LogP contribution in [0.25, 0.3) is 11.0 Å². The number of aromatic hydroxyl groups is 2. The summed E-state index contributed by atoms with van der Waals surface area (Å²) >= 11 is 0. The van der Waals surface area contributed by atoms with E-state index >= 15 is 0 Å². The number of amides is 2. The highest BCUT2D eigenvalue weighted by Gasteiger charge is 2.53. The first kappa shape index (κ1) is 32.3. The highest BCUT2D eigenvalue weighted by Crippen LogP contribution is 2.38. The second kappa shape index (κ2) is 12.6. The molecule has 44 heavy (non-hydrogen) atoms. The number of hydrogen-bond acceptors (Lipinski definition) is 11. The number of nitrogens with one attached hydrogen (secondary N) is 1. The van der Waals surface area contributed by atoms with Gasteiger partial charge in [-0.05, 0) is 76.9 Å². The number of allylic oxidation sites excluding steroid dienone is 2. The minimum absolute atomic E-state index is 0.0183. The Hall–Kier alpha value is -4.59. The van der Waals surface area contributed by atoms with Crippen molar-refractivity contribution in [2.75, 3.05) is 12.4 Å². The third-order valence-corrected chi connectivity index (χ3v) is 7.33. The molecule has 2 heterocycles. The van der Waals surface area contributed by atoms with E-state index in [1.165, 1.54) is 37.4 Å². The number of aliphatic hydroxyl groups is 1. The SMILES string of the molecule is CO[C@@H]1[C@@H](OC(N)=O)[C@@H](O)C(Oc2ccc3c(O)c(NC(=O)c4ccc(O)c(CC=C(C)C)c4)c(=O)oc3c2C)OC1(C)C. The molecule has 2 amide bonds. The number of anilines is 1. The van der Waals surface area contributed by atoms with Crippen LogP contribution in [0.15, 0.2) is 51.2 Å². The molecule has 1 aliphatic rings. The molecule has 236 valence electrons. The van der Waals surface area contributed by atoms with E-state index in [0.29, 0.717) is 12.0 Å². The van der Waals surface area contributed by atoms with Gasteiger partial charge >= 0.3 is 11.7 Å². The summed E-state index contributed by atoms with van der Waals surface area (Å²) in [6.07, 6.45) is -3.81. The maximum absolute atomic E-state index is 13.0. The van der Waals surface area contributed by atoms with E-state index in [0.717, 1.165) is 5.57 Å². The maximum Gasteiger partial charge on any atom is 0.404 e. The maximum atomic E-state index is 13.0. The summed E-state index contributed by atoms with van der Waals surface area (Å²) in [6.45, 7) is 8.69. The largest absolute Gasteiger partial charge is 0.508 e. The number of methoxy groups -OCH3 is 1. The summed E-state index contributed by atoms with van der Waals surface area (Å²) in [7, 11) is 1.37. The number of carbonyl (C=O) groups excluding carboxylic acids is 2. The van der Waals surface area contributed by atoms with Crippen molar-refractivity contribution >= 4 is 28.7 Å². The third-order valence-electron chi connectivity index (χ3n) is 7.33. The Labute approximate surface area is 252 Å². The number of primary amides is 1. The zero-order valence-electron chi connectivity index (χ0n) is 25.2. The summed E-state index contributed by atoms with van der Waals surface area (Å²) in [6, 6.07) is 7.12. The van der Waals surface area contributed by atoms with Gasteiger partial charge < -0.3 is 49.7 Å². The molecule has 1 aromatic heterocycles. The molecular weight excluding hydrogens is 576 g/mol. The Bertz CT molecular complexity index is 1670. The number of rotatable bonds is 8. The van der Waals surface area contributed by atoms with Gasteiger partial charge in [-0.2, -0.15) is 0 Å². The van der Waals surface area contributed by atoms with Crippen molar-refractivity contribution in [2.24, 2.45) is 5.73 Å². The second-order valence-corrected chi connectivity index (χ2v) is 11.2. The highest BCUT2D eigenvalue weighted by atomic mass is 16.7. The van der Waals surface area contributed by atoms with Gasteiger partial charge in [0.25, 0.3) is 5.91 Å². The van der Waals surface area contributed by atoms with Gasteiger partial charge in [0.2, 0.25) is 6.29 Å². The van der Waals surface area contributed by atoms with Crippen LogP contribution in [-0.2, 0) is 20.6 Å². The zero-order chi connectivity index (χ0) is 32.5. The van der Waals surface area contributed by atoms with Gasteiger partial charge in [0.05, 0.1) is 11.0 Å². The van der Waals surface area contributed by atoms with Crippen molar-refractivity contribution in [3.8, 4) is 17.2 Å². The lowest BCUT2D eigenvalue weighted by Gasteiger charge is -2.47. The molecular formula is C31H36N2O11. The monoisotopic (exact) mass is 612 g/mol. The van der Waals surface area contributed by atoms with E-state index < -0.39 is 59.3 Å². The normalized spacial score (nSPS) is 21.0. The molecule has 4 atom stereocenters. The van der Waals surface area contributed by atoms with E-state index in [4.69, 9.17) is 29.1 Å². The fourth-order valence-electron chi connectivity index (χ4n) is 5.06. The fraction of sp³-hybridized carbons (Fsp3) is 0.387. The average Bonchev–Trinajstić information content (AvgIpc) is 2.94. The Balaban J connectivity index is 1.63. The van der Waals surface area contributed by atoms with Crippen LogP contribution in [0.2, 0.25) is 0 Å². The Morgan fingerprint density at radius 3 is 2.50 bits per heavy atom. The summed E-state index contributed by atoms with van der Waals surface area (Å²) in [4.78, 5) is 37.5. The number of aryl methyl sites for hydroxylation is 1. The first-order chi connectivity index (χ1) is 20.6. The number of nitrogens with two attached hydrogens (primary N) is 1. The molecule has 1 unspecified atom stereocenters. The van der Waals surface area contributed by atoms with Crippen LogP contribution in [-0.4, -0.2) is 64.6 Å². The van der Waals surface area contributed by atoms with Crippen molar-refractivity contribution in [1.29, 1.82) is 0 Å². The molecule has 6 N–H and O–H groups in total. The third kappa shape index (κ3) is 6.49. The lowest BCUT2D eigenvalue weighted by atomic mass is 9.89. The Morgan fingerprint density at radius 2 is 1.86 bits per heavy atom. The van der Waals surface area contributed by atoms with E-state index in [1.807, 2.05) is 19.9 Å². The van der Waals surface area contributed by atoms with Gasteiger partial charge in [-0.25, -0.2) is 9.59 Å². The number of benzene rings is 2. The molecule has 0 radical (unpaired) electrons. The van der Waals surface area contributed by atoms with E-state index in [2.05, 4.69) is 5.32 Å². The molecule has 13 heteroatoms. The molecule has 2 aromatic carbocycles. The number of phenols is 1. The van der Waals surface area contributed by atoms with Crippen molar-refractivity contribution in [3.63, 3.8) is 0 Å². The van der Waals surface area contributed by atoms with Gasteiger partial charge in [0.1, 0.15) is 23.2 Å². The predicted molar refractivity (Wildman–Crippen MR) is 159 cm³/mol. The topological polar surface area (TPSA) is 200 Å². The lowest BCUT2D eigenvalue weighted by Crippen LogP contribution is -2.65. The number of phenolic OH excluding ortho intramolecular Hbond substituents is 1. The van der Waals surface area contributed by atoms with E-state index in [9.17, 15) is 29.7 Å². The Morgan fingerprint density at radius 1 is 1.16 bits per heavy atom. The minimum Gasteiger partial charge on any atom is -0.508 e. The van der Waals surface area contributed by atoms with Crippen molar-refractivity contribution in [1.82, 2.24) is 0 Å². The van der Waals surface area contributed by atoms with Crippen LogP contribution in [0.4, 0.5) is 10.5 Å². The molecule has 3 aromatic rings. The fourth-order valence-corrected chi connectivity index (χ4v) is 5.06. The number of ether oxygens (including phenoxy) is 4. The standard InChI is InChI=1S/C31H36N2O11/c1-14(2)7-8-16-13-17(9-11-19(16)34)27(37)33-21-22(35)18-10-12-20(15(3)24(18)42-28(21)38)41-29-23(36)25(43-30(32)39)26(40-6)31(4,5)44-29/h7,9-13,23,25-26,29,34-36H,8H2,1-6H3,(H2,32,39)(H,33,37)/t23-,25+,26-,29?/m1/s1. The summed E-state index contributed by atoms with van der Waals surface area (Å²) in [5.74, 6) is -1.09. The van der Waals surface area contributed by atoms with Crippen molar-refractivity contribution in [2.45, 2.75) is 71.2 Å². The van der Waals surface area contributed by atoms with Gasteiger partial charge in [-0.3, -0.25) is 4.79 Å². The first-order valence-electron chi connectivity index (χ1n) is 13.7. The van der Waals surface area contributed by atoms with Gasteiger partial charge in [0.15, 0.2) is 23.6 Å². The van der Waals surface area contributed by atoms with Crippen LogP contribution >= 0.6 is 0 Å². The van der Waals surface area contributed by atoms with Crippen LogP contribution < -0.4 is 21.4 Å². The van der Waals surface area contributed by atoms with Crippen molar-refractivity contribution in [3.05, 3.63) is 69.1 Å². The van der Waals surface area contributed by atoms with Crippen LogP contribution in [0.1, 0.15) is 49.2 Å². The number of fused-ring (bicyclic) bond motifs is 1. The lowest BCUT2D eigenvalue weighted by molar-refractivity contribution is -0.304. The molecule has 1 fully saturated rings. The zero-order valence-corrected chi connectivity index (χ0v) is 25.2. The van der Waals surface area contributed by atoms with Crippen LogP contribution in [0, 0.1) is 6.92 Å². The molecule has 0 saturated carbocycles.